The Hall–Kier alpha value is -2.13. The van der Waals surface area contributed by atoms with E-state index in [2.05, 4.69) is 0 Å². The predicted octanol–water partition coefficient (Wildman–Crippen LogP) is 2.94. The molecule has 0 saturated carbocycles. The Morgan fingerprint density at radius 3 is 2.50 bits per heavy atom. The van der Waals surface area contributed by atoms with Gasteiger partial charge in [-0.3, -0.25) is 4.79 Å². The molecule has 0 aliphatic heterocycles. The molecule has 2 aliphatic carbocycles. The first-order valence-corrected chi connectivity index (χ1v) is 6.81. The first kappa shape index (κ1) is 11.7. The predicted molar refractivity (Wildman–Crippen MR) is 74.4 cm³/mol. The summed E-state index contributed by atoms with van der Waals surface area (Å²) in [5.41, 5.74) is 5.16. The van der Waals surface area contributed by atoms with Crippen LogP contribution in [0.4, 0.5) is 0 Å². The minimum atomic E-state index is -0.828. The molecule has 2 aromatic carbocycles. The van der Waals surface area contributed by atoms with Crippen molar-refractivity contribution < 1.29 is 15.0 Å². The molecule has 2 aromatic rings. The topological polar surface area (TPSA) is 57.5 Å². The minimum absolute atomic E-state index is 0.127. The van der Waals surface area contributed by atoms with Crippen molar-refractivity contribution in [1.29, 1.82) is 0 Å². The molecule has 20 heavy (non-hydrogen) atoms. The van der Waals surface area contributed by atoms with E-state index >= 15 is 0 Å². The number of aliphatic hydroxyl groups excluding tert-OH is 1. The average molecular weight is 266 g/mol. The second kappa shape index (κ2) is 3.93. The third-order valence-corrected chi connectivity index (χ3v) is 4.59. The zero-order chi connectivity index (χ0) is 13.9. The monoisotopic (exact) mass is 266 g/mol. The van der Waals surface area contributed by atoms with Gasteiger partial charge in [-0.05, 0) is 34.2 Å². The Morgan fingerprint density at radius 1 is 1.00 bits per heavy atom. The highest BCUT2D eigenvalue weighted by Gasteiger charge is 2.44. The molecule has 0 heterocycles. The van der Waals surface area contributed by atoms with Crippen LogP contribution in [0.3, 0.4) is 0 Å². The molecule has 0 saturated heterocycles. The SMILES string of the molecule is O=C(O)C1CC(O)c2cccc3c2C1c1ccccc1-3. The van der Waals surface area contributed by atoms with Crippen LogP contribution >= 0.6 is 0 Å². The number of hydrogen-bond donors (Lipinski definition) is 2. The molecule has 0 fully saturated rings. The van der Waals surface area contributed by atoms with Gasteiger partial charge < -0.3 is 10.2 Å². The van der Waals surface area contributed by atoms with Gasteiger partial charge in [0.15, 0.2) is 0 Å². The molecule has 3 unspecified atom stereocenters. The second-order valence-corrected chi connectivity index (χ2v) is 5.57. The highest BCUT2D eigenvalue weighted by atomic mass is 16.4. The Kier molecular flexibility index (Phi) is 2.30. The van der Waals surface area contributed by atoms with Crippen LogP contribution < -0.4 is 0 Å². The molecule has 0 aromatic heterocycles. The molecule has 0 radical (unpaired) electrons. The van der Waals surface area contributed by atoms with Gasteiger partial charge >= 0.3 is 5.97 Å². The highest BCUT2D eigenvalue weighted by Crippen LogP contribution is 2.55. The average Bonchev–Trinajstić information content (AvgIpc) is 2.79. The van der Waals surface area contributed by atoms with Gasteiger partial charge in [0, 0.05) is 5.92 Å². The Morgan fingerprint density at radius 2 is 1.70 bits per heavy atom. The number of carboxylic acid groups (broad SMARTS) is 1. The second-order valence-electron chi connectivity index (χ2n) is 5.57. The summed E-state index contributed by atoms with van der Waals surface area (Å²) in [6.45, 7) is 0. The smallest absolute Gasteiger partial charge is 0.307 e. The maximum Gasteiger partial charge on any atom is 0.307 e. The van der Waals surface area contributed by atoms with Gasteiger partial charge in [-0.1, -0.05) is 42.5 Å². The lowest BCUT2D eigenvalue weighted by atomic mass is 9.73. The molecule has 4 rings (SSSR count). The van der Waals surface area contributed by atoms with Crippen LogP contribution in [0.15, 0.2) is 42.5 Å². The number of fused-ring (bicyclic) bond motifs is 3. The van der Waals surface area contributed by atoms with E-state index in [1.165, 1.54) is 0 Å². The van der Waals surface area contributed by atoms with Crippen LogP contribution in [0.2, 0.25) is 0 Å². The van der Waals surface area contributed by atoms with Crippen LogP contribution in [0.1, 0.15) is 35.1 Å². The summed E-state index contributed by atoms with van der Waals surface area (Å²) < 4.78 is 0. The van der Waals surface area contributed by atoms with Gasteiger partial charge in [-0.25, -0.2) is 0 Å². The molecule has 0 bridgehead atoms. The molecule has 3 heteroatoms. The van der Waals surface area contributed by atoms with E-state index in [4.69, 9.17) is 0 Å². The quantitative estimate of drug-likeness (QED) is 0.834. The standard InChI is InChI=1S/C17H14O3/c18-14-8-13(17(19)20)16-10-5-2-1-4-9(10)11-6-3-7-12(14)15(11)16/h1-7,13-14,16,18H,8H2,(H,19,20). The van der Waals surface area contributed by atoms with Crippen molar-refractivity contribution in [1.82, 2.24) is 0 Å². The van der Waals surface area contributed by atoms with Crippen molar-refractivity contribution >= 4 is 5.97 Å². The van der Waals surface area contributed by atoms with Gasteiger partial charge in [-0.2, -0.15) is 0 Å². The third-order valence-electron chi connectivity index (χ3n) is 4.59. The summed E-state index contributed by atoms with van der Waals surface area (Å²) in [6.07, 6.45) is -0.401. The van der Waals surface area contributed by atoms with Crippen LogP contribution in [0.25, 0.3) is 11.1 Å². The van der Waals surface area contributed by atoms with Gasteiger partial charge in [0.05, 0.1) is 12.0 Å². The molecule has 3 nitrogen and oxygen atoms in total. The van der Waals surface area contributed by atoms with Crippen LogP contribution in [-0.4, -0.2) is 16.2 Å². The Bertz CT molecular complexity index is 720. The lowest BCUT2D eigenvalue weighted by molar-refractivity contribution is -0.143. The van der Waals surface area contributed by atoms with E-state index in [-0.39, 0.29) is 12.3 Å². The lowest BCUT2D eigenvalue weighted by Crippen LogP contribution is -2.29. The first-order valence-electron chi connectivity index (χ1n) is 6.81. The highest BCUT2D eigenvalue weighted by molar-refractivity contribution is 5.85. The molecule has 2 N–H and O–H groups in total. The minimum Gasteiger partial charge on any atom is -0.481 e. The van der Waals surface area contributed by atoms with E-state index in [9.17, 15) is 15.0 Å². The summed E-state index contributed by atoms with van der Waals surface area (Å²) in [6, 6.07) is 13.9. The fraction of sp³-hybridized carbons (Fsp3) is 0.235. The fourth-order valence-corrected chi connectivity index (χ4v) is 3.79. The number of aliphatic carboxylic acids is 1. The molecular formula is C17H14O3. The maximum absolute atomic E-state index is 11.6. The molecule has 100 valence electrons. The Labute approximate surface area is 116 Å². The van der Waals surface area contributed by atoms with E-state index in [1.54, 1.807) is 0 Å². The zero-order valence-corrected chi connectivity index (χ0v) is 10.8. The van der Waals surface area contributed by atoms with E-state index in [1.807, 2.05) is 42.5 Å². The maximum atomic E-state index is 11.6. The number of rotatable bonds is 1. The molecule has 2 aliphatic rings. The van der Waals surface area contributed by atoms with Crippen molar-refractivity contribution in [3.8, 4) is 11.1 Å². The summed E-state index contributed by atoms with van der Waals surface area (Å²) >= 11 is 0. The summed E-state index contributed by atoms with van der Waals surface area (Å²) in [5.74, 6) is -1.51. The van der Waals surface area contributed by atoms with Crippen molar-refractivity contribution in [3.63, 3.8) is 0 Å². The van der Waals surface area contributed by atoms with Gasteiger partial charge in [-0.15, -0.1) is 0 Å². The van der Waals surface area contributed by atoms with Crippen molar-refractivity contribution in [3.05, 3.63) is 59.2 Å². The molecule has 3 atom stereocenters. The lowest BCUT2D eigenvalue weighted by Gasteiger charge is -2.32. The van der Waals surface area contributed by atoms with Crippen LogP contribution in [0.5, 0.6) is 0 Å². The number of carboxylic acids is 1. The normalized spacial score (nSPS) is 25.9. The molecule has 0 amide bonds. The van der Waals surface area contributed by atoms with E-state index < -0.39 is 18.0 Å². The van der Waals surface area contributed by atoms with Gasteiger partial charge in [0.25, 0.3) is 0 Å². The van der Waals surface area contributed by atoms with Gasteiger partial charge in [0.1, 0.15) is 0 Å². The van der Waals surface area contributed by atoms with Crippen molar-refractivity contribution in [2.45, 2.75) is 18.4 Å². The summed E-state index contributed by atoms with van der Waals surface area (Å²) in [7, 11) is 0. The fourth-order valence-electron chi connectivity index (χ4n) is 3.79. The first-order chi connectivity index (χ1) is 9.68. The number of aliphatic hydroxyl groups is 1. The van der Waals surface area contributed by atoms with E-state index in [0.717, 1.165) is 27.8 Å². The largest absolute Gasteiger partial charge is 0.481 e. The summed E-state index contributed by atoms with van der Waals surface area (Å²) in [4.78, 5) is 11.6. The van der Waals surface area contributed by atoms with Gasteiger partial charge in [0.2, 0.25) is 0 Å². The van der Waals surface area contributed by atoms with Crippen LogP contribution in [0, 0.1) is 5.92 Å². The number of carbonyl (C=O) groups is 1. The molecule has 0 spiro atoms. The number of hydrogen-bond acceptors (Lipinski definition) is 2. The number of benzene rings is 2. The van der Waals surface area contributed by atoms with Crippen LogP contribution in [-0.2, 0) is 4.79 Å². The van der Waals surface area contributed by atoms with E-state index in [0.29, 0.717) is 0 Å². The van der Waals surface area contributed by atoms with Crippen molar-refractivity contribution in [2.24, 2.45) is 5.92 Å². The summed E-state index contributed by atoms with van der Waals surface area (Å²) in [5, 5.41) is 19.8. The van der Waals surface area contributed by atoms with Crippen molar-refractivity contribution in [2.75, 3.05) is 0 Å². The Balaban J connectivity index is 2.05. The zero-order valence-electron chi connectivity index (χ0n) is 10.8. The molecular weight excluding hydrogens is 252 g/mol. The third kappa shape index (κ3) is 1.36.